The Labute approximate surface area is 140 Å². The molecule has 0 bridgehead atoms. The highest BCUT2D eigenvalue weighted by Gasteiger charge is 2.04. The number of nitrogens with one attached hydrogen (secondary N) is 2. The maximum Gasteiger partial charge on any atom is 0.171 e. The quantitative estimate of drug-likeness (QED) is 0.761. The number of rotatable bonds is 3. The lowest BCUT2D eigenvalue weighted by Crippen LogP contribution is -2.28. The molecule has 0 spiro atoms. The number of hydrogen-bond acceptors (Lipinski definition) is 1. The van der Waals surface area contributed by atoms with Crippen LogP contribution in [0, 0.1) is 13.8 Å². The van der Waals surface area contributed by atoms with E-state index in [-0.39, 0.29) is 0 Å². The number of hydrogen-bond donors (Lipinski definition) is 2. The average molecular weight is 339 g/mol. The Hall–Kier alpha value is -1.29. The minimum atomic E-state index is 0.548. The third-order valence-corrected chi connectivity index (χ3v) is 3.93. The van der Waals surface area contributed by atoms with Crippen LogP contribution >= 0.6 is 35.4 Å². The van der Waals surface area contributed by atoms with E-state index in [1.165, 1.54) is 5.56 Å². The SMILES string of the molecule is Cc1ccc(C)c(NC(=S)NCc2ccc(Cl)cc2Cl)c1. The fourth-order valence-electron chi connectivity index (χ4n) is 1.88. The zero-order valence-electron chi connectivity index (χ0n) is 11.8. The summed E-state index contributed by atoms with van der Waals surface area (Å²) in [5.74, 6) is 0. The predicted molar refractivity (Wildman–Crippen MR) is 95.4 cm³/mol. The second kappa shape index (κ2) is 7.12. The van der Waals surface area contributed by atoms with Gasteiger partial charge in [-0.3, -0.25) is 0 Å². The Morgan fingerprint density at radius 1 is 1.10 bits per heavy atom. The van der Waals surface area contributed by atoms with E-state index < -0.39 is 0 Å². The van der Waals surface area contributed by atoms with Gasteiger partial charge in [-0.25, -0.2) is 0 Å². The van der Waals surface area contributed by atoms with Crippen LogP contribution in [0.4, 0.5) is 5.69 Å². The summed E-state index contributed by atoms with van der Waals surface area (Å²) in [4.78, 5) is 0. The van der Waals surface area contributed by atoms with Crippen molar-refractivity contribution in [3.8, 4) is 0 Å². The highest BCUT2D eigenvalue weighted by atomic mass is 35.5. The maximum atomic E-state index is 6.13. The van der Waals surface area contributed by atoms with E-state index in [0.29, 0.717) is 21.7 Å². The molecule has 2 nitrogen and oxygen atoms in total. The molecule has 0 aromatic heterocycles. The van der Waals surface area contributed by atoms with E-state index >= 15 is 0 Å². The summed E-state index contributed by atoms with van der Waals surface area (Å²) in [6.07, 6.45) is 0. The van der Waals surface area contributed by atoms with Gasteiger partial charge in [0, 0.05) is 22.3 Å². The van der Waals surface area contributed by atoms with Gasteiger partial charge in [-0.2, -0.15) is 0 Å². The minimum Gasteiger partial charge on any atom is -0.358 e. The normalized spacial score (nSPS) is 10.3. The van der Waals surface area contributed by atoms with E-state index in [0.717, 1.165) is 16.8 Å². The highest BCUT2D eigenvalue weighted by Crippen LogP contribution is 2.21. The van der Waals surface area contributed by atoms with Crippen LogP contribution in [-0.2, 0) is 6.54 Å². The molecule has 21 heavy (non-hydrogen) atoms. The topological polar surface area (TPSA) is 24.1 Å². The van der Waals surface area contributed by atoms with Crippen molar-refractivity contribution in [3.63, 3.8) is 0 Å². The summed E-state index contributed by atoms with van der Waals surface area (Å²) in [5.41, 5.74) is 4.29. The van der Waals surface area contributed by atoms with Gasteiger partial charge < -0.3 is 10.6 Å². The lowest BCUT2D eigenvalue weighted by atomic mass is 10.1. The molecular weight excluding hydrogens is 323 g/mol. The average Bonchev–Trinajstić information content (AvgIpc) is 2.42. The number of benzene rings is 2. The molecule has 110 valence electrons. The molecule has 2 aromatic rings. The van der Waals surface area contributed by atoms with Crippen molar-refractivity contribution in [3.05, 3.63) is 63.1 Å². The zero-order chi connectivity index (χ0) is 15.4. The van der Waals surface area contributed by atoms with Gasteiger partial charge in [0.25, 0.3) is 0 Å². The van der Waals surface area contributed by atoms with Crippen LogP contribution in [0.3, 0.4) is 0 Å². The smallest absolute Gasteiger partial charge is 0.171 e. The van der Waals surface area contributed by atoms with Crippen molar-refractivity contribution < 1.29 is 0 Å². The molecule has 2 rings (SSSR count). The summed E-state index contributed by atoms with van der Waals surface area (Å²) >= 11 is 17.3. The molecule has 0 amide bonds. The van der Waals surface area contributed by atoms with Gasteiger partial charge >= 0.3 is 0 Å². The van der Waals surface area contributed by atoms with E-state index in [9.17, 15) is 0 Å². The van der Waals surface area contributed by atoms with E-state index in [4.69, 9.17) is 35.4 Å². The van der Waals surface area contributed by atoms with Gasteiger partial charge in [0.15, 0.2) is 5.11 Å². The number of aryl methyl sites for hydroxylation is 2. The second-order valence-corrected chi connectivity index (χ2v) is 6.11. The minimum absolute atomic E-state index is 0.548. The summed E-state index contributed by atoms with van der Waals surface area (Å²) in [6, 6.07) is 11.6. The molecule has 2 aromatic carbocycles. The van der Waals surface area contributed by atoms with Crippen molar-refractivity contribution in [2.24, 2.45) is 0 Å². The summed E-state index contributed by atoms with van der Waals surface area (Å²) in [6.45, 7) is 4.64. The van der Waals surface area contributed by atoms with Crippen LogP contribution in [0.1, 0.15) is 16.7 Å². The molecule has 0 aliphatic carbocycles. The Kier molecular flexibility index (Phi) is 5.45. The third-order valence-electron chi connectivity index (χ3n) is 3.10. The number of halogens is 2. The molecule has 0 radical (unpaired) electrons. The molecule has 0 fully saturated rings. The number of anilines is 1. The molecule has 5 heteroatoms. The fourth-order valence-corrected chi connectivity index (χ4v) is 2.54. The molecule has 0 unspecified atom stereocenters. The lowest BCUT2D eigenvalue weighted by molar-refractivity contribution is 0.926. The molecule has 0 aliphatic rings. The predicted octanol–water partition coefficient (Wildman–Crippen LogP) is 5.10. The van der Waals surface area contributed by atoms with Crippen LogP contribution in [0.15, 0.2) is 36.4 Å². The van der Waals surface area contributed by atoms with E-state index in [1.807, 2.05) is 19.1 Å². The summed E-state index contributed by atoms with van der Waals surface area (Å²) in [7, 11) is 0. The fraction of sp³-hybridized carbons (Fsp3) is 0.188. The van der Waals surface area contributed by atoms with Gasteiger partial charge in [-0.05, 0) is 61.0 Å². The molecule has 0 heterocycles. The molecule has 0 saturated carbocycles. The van der Waals surface area contributed by atoms with Crippen LogP contribution in [0.25, 0.3) is 0 Å². The molecule has 0 saturated heterocycles. The van der Waals surface area contributed by atoms with Gasteiger partial charge in [-0.1, -0.05) is 41.4 Å². The first-order chi connectivity index (χ1) is 9.95. The van der Waals surface area contributed by atoms with Gasteiger partial charge in [-0.15, -0.1) is 0 Å². The maximum absolute atomic E-state index is 6.13. The Morgan fingerprint density at radius 3 is 2.57 bits per heavy atom. The Balaban J connectivity index is 1.97. The van der Waals surface area contributed by atoms with Crippen LogP contribution in [0.5, 0.6) is 0 Å². The highest BCUT2D eigenvalue weighted by molar-refractivity contribution is 7.80. The molecular formula is C16H16Cl2N2S. The van der Waals surface area contributed by atoms with Crippen molar-refractivity contribution in [2.75, 3.05) is 5.32 Å². The van der Waals surface area contributed by atoms with Gasteiger partial charge in [0.2, 0.25) is 0 Å². The lowest BCUT2D eigenvalue weighted by Gasteiger charge is -2.13. The number of thiocarbonyl (C=S) groups is 1. The third kappa shape index (κ3) is 4.60. The van der Waals surface area contributed by atoms with Gasteiger partial charge in [0.05, 0.1) is 0 Å². The zero-order valence-corrected chi connectivity index (χ0v) is 14.2. The van der Waals surface area contributed by atoms with Crippen LogP contribution in [0.2, 0.25) is 10.0 Å². The molecule has 0 aliphatic heterocycles. The first-order valence-electron chi connectivity index (χ1n) is 6.52. The van der Waals surface area contributed by atoms with Crippen molar-refractivity contribution >= 4 is 46.2 Å². The van der Waals surface area contributed by atoms with Gasteiger partial charge in [0.1, 0.15) is 0 Å². The van der Waals surface area contributed by atoms with Crippen molar-refractivity contribution in [2.45, 2.75) is 20.4 Å². The monoisotopic (exact) mass is 338 g/mol. The largest absolute Gasteiger partial charge is 0.358 e. The van der Waals surface area contributed by atoms with E-state index in [2.05, 4.69) is 35.8 Å². The van der Waals surface area contributed by atoms with E-state index in [1.54, 1.807) is 6.07 Å². The Bertz CT molecular complexity index is 671. The molecule has 2 N–H and O–H groups in total. The first-order valence-corrected chi connectivity index (χ1v) is 7.68. The van der Waals surface area contributed by atoms with Crippen molar-refractivity contribution in [1.29, 1.82) is 0 Å². The standard InChI is InChI=1S/C16H16Cl2N2S/c1-10-3-4-11(2)15(7-10)20-16(21)19-9-12-5-6-13(17)8-14(12)18/h3-8H,9H2,1-2H3,(H2,19,20,21). The Morgan fingerprint density at radius 2 is 1.86 bits per heavy atom. The second-order valence-electron chi connectivity index (χ2n) is 4.86. The van der Waals surface area contributed by atoms with Crippen molar-refractivity contribution in [1.82, 2.24) is 5.32 Å². The summed E-state index contributed by atoms with van der Waals surface area (Å²) in [5, 5.41) is 8.17. The molecule has 0 atom stereocenters. The van der Waals surface area contributed by atoms with Crippen LogP contribution < -0.4 is 10.6 Å². The van der Waals surface area contributed by atoms with Crippen LogP contribution in [-0.4, -0.2) is 5.11 Å². The summed E-state index contributed by atoms with van der Waals surface area (Å²) < 4.78 is 0. The first kappa shape index (κ1) is 16.1.